The number of hydrogen-bond acceptors (Lipinski definition) is 20. The second-order valence-electron chi connectivity index (χ2n) is 34.6. The summed E-state index contributed by atoms with van der Waals surface area (Å²) in [5, 5.41) is 0. The molecule has 20 nitrogen and oxygen atoms in total. The second kappa shape index (κ2) is 68.8. The maximum absolute atomic E-state index is 6.51. The van der Waals surface area contributed by atoms with Gasteiger partial charge in [-0.25, -0.2) is 0 Å². The molecule has 28 heteroatoms. The highest BCUT2D eigenvalue weighted by molar-refractivity contribution is 7.43. The lowest BCUT2D eigenvalue weighted by Gasteiger charge is -2.41. The Kier molecular flexibility index (Phi) is 66.0. The van der Waals surface area contributed by atoms with Crippen molar-refractivity contribution in [2.75, 3.05) is 120 Å². The summed E-state index contributed by atoms with van der Waals surface area (Å²) in [6.45, 7) is 35.1. The Labute approximate surface area is 761 Å². The average Bonchev–Trinajstić information content (AvgIpc) is 0.770. The van der Waals surface area contributed by atoms with Crippen LogP contribution >= 0.6 is 69.2 Å². The molecule has 0 N–H and O–H groups in total. The van der Waals surface area contributed by atoms with Crippen LogP contribution < -0.4 is 18.1 Å². The molecule has 3 spiro atoms. The van der Waals surface area contributed by atoms with Gasteiger partial charge in [0.05, 0.1) is 120 Å². The molecule has 4 aromatic carbocycles. The summed E-state index contributed by atoms with van der Waals surface area (Å²) in [5.74, 6) is 3.69. The van der Waals surface area contributed by atoms with Crippen LogP contribution in [0.4, 0.5) is 0 Å². The van der Waals surface area contributed by atoms with Gasteiger partial charge < -0.3 is 90.5 Å². The van der Waals surface area contributed by atoms with Gasteiger partial charge in [-0.3, -0.25) is 0 Å². The molecule has 0 aromatic heterocycles. The molecule has 6 saturated heterocycles. The fourth-order valence-corrected chi connectivity index (χ4v) is 22.2. The van der Waals surface area contributed by atoms with Crippen LogP contribution in [0.25, 0.3) is 0 Å². The molecular formula is C95H172O20P8. The third-order valence-electron chi connectivity index (χ3n) is 21.2. The fraction of sp³-hybridized carbons (Fsp3) is 0.747. The van der Waals surface area contributed by atoms with E-state index in [1.807, 2.05) is 81.2 Å². The largest absolute Gasteiger partial charge is 0.477 e. The molecule has 2 unspecified atom stereocenters. The Balaban J connectivity index is 0.000000547. The van der Waals surface area contributed by atoms with E-state index in [2.05, 4.69) is 93.5 Å². The second-order valence-corrected chi connectivity index (χ2v) is 43.7. The molecule has 4 aromatic rings. The maximum atomic E-state index is 6.51. The van der Waals surface area contributed by atoms with Crippen molar-refractivity contribution in [3.8, 4) is 23.0 Å². The molecule has 2 atom stereocenters. The lowest BCUT2D eigenvalue weighted by molar-refractivity contribution is -0.0746. The third kappa shape index (κ3) is 48.9. The predicted molar refractivity (Wildman–Crippen MR) is 525 cm³/mol. The molecule has 6 aliphatic rings. The van der Waals surface area contributed by atoms with Crippen molar-refractivity contribution in [1.29, 1.82) is 0 Å². The van der Waals surface area contributed by atoms with Crippen molar-refractivity contribution in [1.82, 2.24) is 0 Å². The highest BCUT2D eigenvalue weighted by Gasteiger charge is 2.47. The van der Waals surface area contributed by atoms with E-state index in [9.17, 15) is 0 Å². The van der Waals surface area contributed by atoms with Gasteiger partial charge in [-0.05, 0) is 93.4 Å². The summed E-state index contributed by atoms with van der Waals surface area (Å²) in [6.07, 6.45) is 46.2. The summed E-state index contributed by atoms with van der Waals surface area (Å²) in [4.78, 5) is 0. The Morgan fingerprint density at radius 3 is 0.878 bits per heavy atom. The Hall–Kier alpha value is -1.12. The monoisotopic (exact) mass is 1880 g/mol. The van der Waals surface area contributed by atoms with Crippen LogP contribution in [0.3, 0.4) is 0 Å². The summed E-state index contributed by atoms with van der Waals surface area (Å²) < 4.78 is 113. The molecule has 123 heavy (non-hydrogen) atoms. The van der Waals surface area contributed by atoms with E-state index in [-0.39, 0.29) is 56.8 Å². The van der Waals surface area contributed by atoms with Gasteiger partial charge in [-0.2, -0.15) is 0 Å². The summed E-state index contributed by atoms with van der Waals surface area (Å²) >= 11 is 0. The molecule has 0 amide bonds. The third-order valence-corrected chi connectivity index (χ3v) is 28.6. The highest BCUT2D eigenvalue weighted by atomic mass is 31.2. The summed E-state index contributed by atoms with van der Waals surface area (Å²) in [7, 11) is -1.86. The van der Waals surface area contributed by atoms with Crippen LogP contribution in [-0.4, -0.2) is 120 Å². The van der Waals surface area contributed by atoms with Crippen LogP contribution in [0.5, 0.6) is 23.0 Å². The number of rotatable bonds is 46. The van der Waals surface area contributed by atoms with E-state index in [0.29, 0.717) is 96.9 Å². The summed E-state index contributed by atoms with van der Waals surface area (Å²) in [6, 6.07) is 28.7. The van der Waals surface area contributed by atoms with E-state index in [4.69, 9.17) is 90.5 Å². The van der Waals surface area contributed by atoms with Gasteiger partial charge in [0, 0.05) is 38.6 Å². The molecule has 0 saturated carbocycles. The molecule has 712 valence electrons. The smallest absolute Gasteiger partial charge is 0.397 e. The quantitative estimate of drug-likeness (QED) is 0.0300. The van der Waals surface area contributed by atoms with Gasteiger partial charge in [-0.15, -0.1) is 0 Å². The first-order valence-electron chi connectivity index (χ1n) is 44.6. The zero-order chi connectivity index (χ0) is 85.7. The minimum absolute atomic E-state index is 0. The first-order chi connectivity index (χ1) is 57.6. The first kappa shape index (κ1) is 118. The Bertz CT molecular complexity index is 3080. The molecule has 10 rings (SSSR count). The Morgan fingerprint density at radius 2 is 0.585 bits per heavy atom. The number of unbranched alkanes of at least 4 members (excludes halogenated alkanes) is 30. The summed E-state index contributed by atoms with van der Waals surface area (Å²) in [5.41, 5.74) is 6.00. The molecule has 6 fully saturated rings. The number of aryl methyl sites for hydroxylation is 4. The van der Waals surface area contributed by atoms with Crippen LogP contribution in [0, 0.1) is 43.9 Å². The van der Waals surface area contributed by atoms with Gasteiger partial charge in [0.2, 0.25) is 0 Å². The normalized spacial score (nSPS) is 22.5. The molecule has 0 bridgehead atoms. The van der Waals surface area contributed by atoms with Crippen molar-refractivity contribution in [2.45, 2.75) is 329 Å². The van der Waals surface area contributed by atoms with Crippen molar-refractivity contribution in [3.05, 3.63) is 118 Å². The van der Waals surface area contributed by atoms with Gasteiger partial charge in [-0.1, -0.05) is 350 Å². The lowest BCUT2D eigenvalue weighted by atomic mass is 9.78. The van der Waals surface area contributed by atoms with Crippen molar-refractivity contribution in [2.24, 2.45) is 16.2 Å². The van der Waals surface area contributed by atoms with Crippen molar-refractivity contribution in [3.63, 3.8) is 0 Å². The number of hydrogen-bond donors (Lipinski definition) is 0. The van der Waals surface area contributed by atoms with E-state index in [0.717, 1.165) is 47.2 Å². The van der Waals surface area contributed by atoms with Gasteiger partial charge in [0.25, 0.3) is 0 Å². The van der Waals surface area contributed by atoms with Gasteiger partial charge in [0.1, 0.15) is 23.0 Å². The van der Waals surface area contributed by atoms with E-state index < -0.39 is 51.6 Å². The standard InChI is InChI=1S/C29H42O6P2.C24H48O6P2.C24H43OP.C7H14O6P2.C7H9OP.4CH4/c1-19-11-21(3)25(22(4)12-19)34-36-30-15-29(16-31-36)17-32-37(33-18-29)35-26-23(27(5,6)7)13-20(2)14-24(26)28(8,9)10;1-3-4-5-6-7-8-9-10-11-12-13-14-15-16-17-18-19-26-32-29-22-24(23-30-32)20-27-31(25-2)28-21-24;1-2-3-4-5-6-7-8-9-10-11-12-13-14-15-16-20-23-26-25-24-21-18-17-19-22-24;1-8-14-10-3-7(4-11-14)5-12-15(9-2)13-6-7;1-9-8-7-5-3-2-4-6-7;;;;/h11-14H,15-18H2,1-10H3;3-23H2,1-2H3;17-19,21-22,26H,2-16,20,23H2,1H3;3-6H2,1-2H3;2-6,9H,1H3;4*1H4. The predicted octanol–water partition coefficient (Wildman–Crippen LogP) is 32.5. The fourth-order valence-electron chi connectivity index (χ4n) is 14.0. The number of para-hydroxylation sites is 2. The van der Waals surface area contributed by atoms with Crippen LogP contribution in [-0.2, 0) is 83.2 Å². The van der Waals surface area contributed by atoms with Crippen molar-refractivity contribution >= 4 is 69.2 Å². The topological polar surface area (TPSA) is 185 Å². The molecular weight excluding hydrogens is 1710 g/mol. The van der Waals surface area contributed by atoms with E-state index in [1.54, 1.807) is 21.3 Å². The molecule has 0 radical (unpaired) electrons. The van der Waals surface area contributed by atoms with E-state index >= 15 is 0 Å². The van der Waals surface area contributed by atoms with Gasteiger partial charge in [0.15, 0.2) is 0 Å². The zero-order valence-electron chi connectivity index (χ0n) is 76.0. The van der Waals surface area contributed by atoms with Crippen LogP contribution in [0.1, 0.15) is 324 Å². The molecule has 6 heterocycles. The zero-order valence-corrected chi connectivity index (χ0v) is 83.3. The van der Waals surface area contributed by atoms with Gasteiger partial charge >= 0.3 is 51.6 Å². The molecule has 0 aliphatic carbocycles. The highest BCUT2D eigenvalue weighted by Crippen LogP contribution is 2.57. The maximum Gasteiger partial charge on any atom is 0.397 e. The number of benzene rings is 4. The minimum Gasteiger partial charge on any atom is -0.477 e. The van der Waals surface area contributed by atoms with E-state index in [1.165, 1.54) is 227 Å². The van der Waals surface area contributed by atoms with Crippen LogP contribution in [0.15, 0.2) is 84.9 Å². The lowest BCUT2D eigenvalue weighted by Crippen LogP contribution is -2.45. The minimum atomic E-state index is -1.53. The first-order valence-corrected chi connectivity index (χ1v) is 53.7. The van der Waals surface area contributed by atoms with Crippen molar-refractivity contribution < 1.29 is 90.5 Å². The SMILES string of the molecule is C.C.C.C.CCCCCCCCCCCCCCCCCCOP1OCC2(COP(OC)OC2)CO1.CCCCCCCCCCCCCCCCCCPOc1ccccc1.COP1OCC2(CO1)COP(OC)OC2.CPOc1ccccc1.Cc1cc(C)c(OP2OCC3(CO2)COP(Oc2c(C(C)(C)C)cc(C)cc2C(C)(C)C)OC3)c(C)c1. The Morgan fingerprint density at radius 1 is 0.325 bits per heavy atom. The average molecular weight is 1880 g/mol. The van der Waals surface area contributed by atoms with Crippen LogP contribution in [0.2, 0.25) is 0 Å². The molecule has 6 aliphatic heterocycles.